The Labute approximate surface area is 185 Å². The molecule has 32 heavy (non-hydrogen) atoms. The molecule has 3 rings (SSSR count). The van der Waals surface area contributed by atoms with Crippen LogP contribution in [0.15, 0.2) is 54.6 Å². The first kappa shape index (κ1) is 22.7. The number of benzene rings is 2. The Kier molecular flexibility index (Phi) is 7.04. The van der Waals surface area contributed by atoms with Crippen LogP contribution in [0, 0.1) is 5.82 Å². The van der Waals surface area contributed by atoms with Crippen molar-refractivity contribution in [3.63, 3.8) is 0 Å². The quantitative estimate of drug-likeness (QED) is 0.382. The molecule has 1 saturated heterocycles. The van der Waals surface area contributed by atoms with E-state index in [1.807, 2.05) is 13.8 Å². The molecular formula is C24H23FN2O5. The average molecular weight is 438 g/mol. The highest BCUT2D eigenvalue weighted by Gasteiger charge is 2.36. The van der Waals surface area contributed by atoms with Crippen LogP contribution < -0.4 is 19.7 Å². The Morgan fingerprint density at radius 2 is 1.75 bits per heavy atom. The summed E-state index contributed by atoms with van der Waals surface area (Å²) in [5, 5.41) is 2.15. The molecule has 7 nitrogen and oxygen atoms in total. The van der Waals surface area contributed by atoms with Crippen molar-refractivity contribution in [3.05, 3.63) is 71.6 Å². The van der Waals surface area contributed by atoms with E-state index in [2.05, 4.69) is 11.9 Å². The largest absolute Gasteiger partial charge is 0.490 e. The van der Waals surface area contributed by atoms with Gasteiger partial charge in [0.05, 0.1) is 18.9 Å². The van der Waals surface area contributed by atoms with Crippen LogP contribution in [-0.4, -0.2) is 31.1 Å². The number of amides is 4. The molecule has 4 amide bonds. The molecule has 0 aromatic heterocycles. The van der Waals surface area contributed by atoms with Crippen LogP contribution >= 0.6 is 0 Å². The lowest BCUT2D eigenvalue weighted by Crippen LogP contribution is -2.54. The summed E-state index contributed by atoms with van der Waals surface area (Å²) >= 11 is 0. The first-order valence-electron chi connectivity index (χ1n) is 10.1. The van der Waals surface area contributed by atoms with Gasteiger partial charge in [-0.05, 0) is 68.3 Å². The third-order valence-corrected chi connectivity index (χ3v) is 4.60. The Morgan fingerprint density at radius 3 is 2.38 bits per heavy atom. The van der Waals surface area contributed by atoms with Crippen LogP contribution in [-0.2, 0) is 16.0 Å². The van der Waals surface area contributed by atoms with Crippen molar-refractivity contribution < 1.29 is 28.2 Å². The summed E-state index contributed by atoms with van der Waals surface area (Å²) in [7, 11) is 0. The van der Waals surface area contributed by atoms with E-state index < -0.39 is 23.7 Å². The van der Waals surface area contributed by atoms with Gasteiger partial charge in [-0.15, -0.1) is 6.58 Å². The molecule has 1 N–H and O–H groups in total. The third-order valence-electron chi connectivity index (χ3n) is 4.60. The summed E-state index contributed by atoms with van der Waals surface area (Å²) in [5.74, 6) is -1.12. The SMILES string of the molecule is C=CCc1cc(/C=C2\C(=O)NC(=O)N(c3ccc(F)cc3)C2=O)cc(OCC)c1OCC. The molecule has 2 aromatic carbocycles. The third kappa shape index (κ3) is 4.69. The molecular weight excluding hydrogens is 415 g/mol. The van der Waals surface area contributed by atoms with E-state index in [1.165, 1.54) is 18.2 Å². The van der Waals surface area contributed by atoms with Gasteiger partial charge in [-0.25, -0.2) is 14.1 Å². The second kappa shape index (κ2) is 9.91. The Balaban J connectivity index is 2.07. The molecule has 1 fully saturated rings. The van der Waals surface area contributed by atoms with Gasteiger partial charge in [0, 0.05) is 5.56 Å². The van der Waals surface area contributed by atoms with E-state index in [1.54, 1.807) is 18.2 Å². The highest BCUT2D eigenvalue weighted by molar-refractivity contribution is 6.39. The van der Waals surface area contributed by atoms with Crippen LogP contribution in [0.2, 0.25) is 0 Å². The fourth-order valence-electron chi connectivity index (χ4n) is 3.29. The Bertz CT molecular complexity index is 1090. The van der Waals surface area contributed by atoms with Crippen molar-refractivity contribution in [1.82, 2.24) is 5.32 Å². The van der Waals surface area contributed by atoms with Crippen LogP contribution in [0.3, 0.4) is 0 Å². The minimum Gasteiger partial charge on any atom is -0.490 e. The van der Waals surface area contributed by atoms with E-state index in [0.29, 0.717) is 36.7 Å². The van der Waals surface area contributed by atoms with E-state index in [-0.39, 0.29) is 11.3 Å². The topological polar surface area (TPSA) is 84.9 Å². The Morgan fingerprint density at radius 1 is 1.06 bits per heavy atom. The van der Waals surface area contributed by atoms with Gasteiger partial charge < -0.3 is 9.47 Å². The van der Waals surface area contributed by atoms with Crippen molar-refractivity contribution >= 4 is 29.6 Å². The maximum absolute atomic E-state index is 13.3. The number of anilines is 1. The van der Waals surface area contributed by atoms with Crippen molar-refractivity contribution in [1.29, 1.82) is 0 Å². The number of imide groups is 2. The number of urea groups is 1. The molecule has 1 aliphatic heterocycles. The van der Waals surface area contributed by atoms with Crippen LogP contribution in [0.4, 0.5) is 14.9 Å². The standard InChI is InChI=1S/C24H23FN2O5/c1-4-7-16-12-15(14-20(31-5-2)21(16)32-6-3)13-19-22(28)26-24(30)27(23(19)29)18-10-8-17(25)9-11-18/h4,8-14H,1,5-7H2,2-3H3,(H,26,28,30)/b19-13+. The molecule has 1 aliphatic rings. The van der Waals surface area contributed by atoms with Gasteiger partial charge >= 0.3 is 6.03 Å². The average Bonchev–Trinajstić information content (AvgIpc) is 2.75. The number of nitrogens with zero attached hydrogens (tertiary/aromatic N) is 1. The summed E-state index contributed by atoms with van der Waals surface area (Å²) < 4.78 is 24.7. The zero-order valence-corrected chi connectivity index (χ0v) is 17.8. The highest BCUT2D eigenvalue weighted by atomic mass is 19.1. The summed E-state index contributed by atoms with van der Waals surface area (Å²) in [6.07, 6.45) is 3.57. The number of carbonyl (C=O) groups is 3. The number of carbonyl (C=O) groups excluding carboxylic acids is 3. The molecule has 8 heteroatoms. The zero-order chi connectivity index (χ0) is 23.3. The number of halogens is 1. The number of nitrogens with one attached hydrogen (secondary N) is 1. The van der Waals surface area contributed by atoms with Crippen LogP contribution in [0.5, 0.6) is 11.5 Å². The second-order valence-electron chi connectivity index (χ2n) is 6.80. The number of hydrogen-bond acceptors (Lipinski definition) is 5. The van der Waals surface area contributed by atoms with E-state index in [9.17, 15) is 18.8 Å². The molecule has 0 radical (unpaired) electrons. The van der Waals surface area contributed by atoms with Crippen LogP contribution in [0.1, 0.15) is 25.0 Å². The van der Waals surface area contributed by atoms with Crippen LogP contribution in [0.25, 0.3) is 6.08 Å². The van der Waals surface area contributed by atoms with Gasteiger partial charge in [-0.3, -0.25) is 14.9 Å². The normalized spacial score (nSPS) is 15.0. The fraction of sp³-hybridized carbons (Fsp3) is 0.208. The molecule has 1 heterocycles. The van der Waals surface area contributed by atoms with Gasteiger partial charge in [0.15, 0.2) is 11.5 Å². The van der Waals surface area contributed by atoms with E-state index >= 15 is 0 Å². The molecule has 0 spiro atoms. The summed E-state index contributed by atoms with van der Waals surface area (Å²) in [5.41, 5.74) is 1.18. The maximum atomic E-state index is 13.3. The predicted octanol–water partition coefficient (Wildman–Crippen LogP) is 4.02. The smallest absolute Gasteiger partial charge is 0.335 e. The number of rotatable bonds is 8. The van der Waals surface area contributed by atoms with E-state index in [4.69, 9.17) is 9.47 Å². The monoisotopic (exact) mass is 438 g/mol. The van der Waals surface area contributed by atoms with Gasteiger partial charge in [0.2, 0.25) is 0 Å². The lowest BCUT2D eigenvalue weighted by atomic mass is 10.0. The van der Waals surface area contributed by atoms with Gasteiger partial charge in [-0.2, -0.15) is 0 Å². The highest BCUT2D eigenvalue weighted by Crippen LogP contribution is 2.35. The summed E-state index contributed by atoms with van der Waals surface area (Å²) in [6, 6.07) is 7.34. The number of barbiturate groups is 1. The van der Waals surface area contributed by atoms with Gasteiger partial charge in [0.25, 0.3) is 11.8 Å². The van der Waals surface area contributed by atoms with Gasteiger partial charge in [0.1, 0.15) is 11.4 Å². The molecule has 2 aromatic rings. The van der Waals surface area contributed by atoms with Crippen molar-refractivity contribution in [2.24, 2.45) is 0 Å². The summed E-state index contributed by atoms with van der Waals surface area (Å²) in [4.78, 5) is 38.6. The predicted molar refractivity (Wildman–Crippen MR) is 118 cm³/mol. The molecule has 0 atom stereocenters. The fourth-order valence-corrected chi connectivity index (χ4v) is 3.29. The Hall–Kier alpha value is -3.94. The minimum absolute atomic E-state index is 0.140. The molecule has 0 bridgehead atoms. The number of hydrogen-bond donors (Lipinski definition) is 1. The molecule has 0 unspecified atom stereocenters. The first-order valence-corrected chi connectivity index (χ1v) is 10.1. The molecule has 166 valence electrons. The number of allylic oxidation sites excluding steroid dienone is 1. The van der Waals surface area contributed by atoms with Gasteiger partial charge in [-0.1, -0.05) is 6.08 Å². The lowest BCUT2D eigenvalue weighted by Gasteiger charge is -2.26. The number of ether oxygens (including phenoxy) is 2. The van der Waals surface area contributed by atoms with Crippen molar-refractivity contribution in [3.8, 4) is 11.5 Å². The maximum Gasteiger partial charge on any atom is 0.335 e. The second-order valence-corrected chi connectivity index (χ2v) is 6.80. The van der Waals surface area contributed by atoms with Crippen molar-refractivity contribution in [2.75, 3.05) is 18.1 Å². The first-order chi connectivity index (χ1) is 15.4. The van der Waals surface area contributed by atoms with E-state index in [0.717, 1.165) is 22.6 Å². The lowest BCUT2D eigenvalue weighted by molar-refractivity contribution is -0.122. The zero-order valence-electron chi connectivity index (χ0n) is 17.8. The summed E-state index contributed by atoms with van der Waals surface area (Å²) in [6.45, 7) is 8.27. The van der Waals surface area contributed by atoms with Crippen molar-refractivity contribution in [2.45, 2.75) is 20.3 Å². The molecule has 0 saturated carbocycles. The molecule has 0 aliphatic carbocycles. The minimum atomic E-state index is -0.905.